The number of rotatable bonds is 3. The molecule has 1 aliphatic rings. The average Bonchev–Trinajstić information content (AvgIpc) is 2.39. The Hall–Kier alpha value is -2.15. The number of piperidine rings is 1. The molecule has 1 saturated heterocycles. The summed E-state index contributed by atoms with van der Waals surface area (Å²) in [7, 11) is 0. The molecule has 0 unspecified atom stereocenters. The van der Waals surface area contributed by atoms with E-state index >= 15 is 0 Å². The molecule has 0 atom stereocenters. The van der Waals surface area contributed by atoms with E-state index in [1.165, 1.54) is 18.2 Å². The highest BCUT2D eigenvalue weighted by Gasteiger charge is 2.29. The van der Waals surface area contributed by atoms with E-state index in [1.807, 2.05) is 6.92 Å². The van der Waals surface area contributed by atoms with Gasteiger partial charge in [0, 0.05) is 23.4 Å². The molecule has 1 heterocycles. The van der Waals surface area contributed by atoms with Crippen LogP contribution in [0.4, 0.5) is 11.4 Å². The zero-order valence-electron chi connectivity index (χ0n) is 11.3. The molecule has 108 valence electrons. The monoisotopic (exact) mass is 278 g/mol. The Kier molecular flexibility index (Phi) is 3.89. The second-order valence-corrected chi connectivity index (χ2v) is 5.29. The zero-order chi connectivity index (χ0) is 14.8. The molecule has 7 nitrogen and oxygen atoms in total. The van der Waals surface area contributed by atoms with Crippen LogP contribution < -0.4 is 16.4 Å². The summed E-state index contributed by atoms with van der Waals surface area (Å²) in [5.74, 6) is -0.365. The first-order valence-corrected chi connectivity index (χ1v) is 6.48. The smallest absolute Gasteiger partial charge is 0.270 e. The highest BCUT2D eigenvalue weighted by molar-refractivity contribution is 6.00. The van der Waals surface area contributed by atoms with E-state index in [1.54, 1.807) is 0 Å². The highest BCUT2D eigenvalue weighted by atomic mass is 16.6. The number of nitro groups is 1. The number of benzene rings is 1. The lowest BCUT2D eigenvalue weighted by atomic mass is 9.90. The standard InChI is InChI=1S/C13H18N4O3/c1-13(4-6-15-7-5-13)16-12(18)10-8-9(17(19)20)2-3-11(10)14/h2-3,8,15H,4-7,14H2,1H3,(H,16,18). The van der Waals surface area contributed by atoms with Gasteiger partial charge in [0.25, 0.3) is 11.6 Å². The Labute approximate surface area is 116 Å². The first-order valence-electron chi connectivity index (χ1n) is 6.48. The van der Waals surface area contributed by atoms with Crippen LogP contribution in [0.2, 0.25) is 0 Å². The number of amides is 1. The molecule has 4 N–H and O–H groups in total. The van der Waals surface area contributed by atoms with Gasteiger partial charge in [-0.1, -0.05) is 0 Å². The summed E-state index contributed by atoms with van der Waals surface area (Å²) in [6.07, 6.45) is 1.63. The van der Waals surface area contributed by atoms with Crippen LogP contribution in [0.5, 0.6) is 0 Å². The lowest BCUT2D eigenvalue weighted by Crippen LogP contribution is -2.52. The van der Waals surface area contributed by atoms with Gasteiger partial charge >= 0.3 is 0 Å². The lowest BCUT2D eigenvalue weighted by molar-refractivity contribution is -0.384. The fourth-order valence-corrected chi connectivity index (χ4v) is 2.30. The van der Waals surface area contributed by atoms with Crippen molar-refractivity contribution < 1.29 is 9.72 Å². The first-order chi connectivity index (χ1) is 9.41. The molecule has 0 aromatic heterocycles. The largest absolute Gasteiger partial charge is 0.398 e. The van der Waals surface area contributed by atoms with Gasteiger partial charge in [-0.05, 0) is 38.9 Å². The molecule has 1 aromatic rings. The minimum Gasteiger partial charge on any atom is -0.398 e. The van der Waals surface area contributed by atoms with Crippen molar-refractivity contribution in [3.63, 3.8) is 0 Å². The van der Waals surface area contributed by atoms with Gasteiger partial charge in [0.1, 0.15) is 0 Å². The normalized spacial score (nSPS) is 17.4. The number of carbonyl (C=O) groups is 1. The third kappa shape index (κ3) is 3.05. The van der Waals surface area contributed by atoms with Gasteiger partial charge < -0.3 is 16.4 Å². The highest BCUT2D eigenvalue weighted by Crippen LogP contribution is 2.22. The minimum absolute atomic E-state index is 0.139. The predicted octanol–water partition coefficient (Wildman–Crippen LogP) is 1.05. The number of hydrogen-bond acceptors (Lipinski definition) is 5. The molecular weight excluding hydrogens is 260 g/mol. The minimum atomic E-state index is -0.539. The van der Waals surface area contributed by atoms with E-state index in [0.29, 0.717) is 0 Å². The van der Waals surface area contributed by atoms with E-state index in [9.17, 15) is 14.9 Å². The predicted molar refractivity (Wildman–Crippen MR) is 75.5 cm³/mol. The van der Waals surface area contributed by atoms with Crippen molar-refractivity contribution in [2.24, 2.45) is 0 Å². The third-order valence-corrected chi connectivity index (χ3v) is 3.61. The van der Waals surface area contributed by atoms with Crippen LogP contribution >= 0.6 is 0 Å². The van der Waals surface area contributed by atoms with E-state index in [4.69, 9.17) is 5.73 Å². The van der Waals surface area contributed by atoms with Crippen LogP contribution in [0.25, 0.3) is 0 Å². The molecule has 0 saturated carbocycles. The number of nitrogens with one attached hydrogen (secondary N) is 2. The molecule has 0 spiro atoms. The zero-order valence-corrected chi connectivity index (χ0v) is 11.3. The Morgan fingerprint density at radius 2 is 2.10 bits per heavy atom. The molecule has 1 amide bonds. The lowest BCUT2D eigenvalue weighted by Gasteiger charge is -2.35. The van der Waals surface area contributed by atoms with Gasteiger partial charge in [-0.3, -0.25) is 14.9 Å². The first kappa shape index (κ1) is 14.3. The quantitative estimate of drug-likeness (QED) is 0.435. The van der Waals surface area contributed by atoms with Crippen LogP contribution in [0, 0.1) is 10.1 Å². The molecule has 0 radical (unpaired) electrons. The summed E-state index contributed by atoms with van der Waals surface area (Å²) in [5.41, 5.74) is 5.69. The van der Waals surface area contributed by atoms with Gasteiger partial charge in [0.15, 0.2) is 0 Å². The maximum atomic E-state index is 12.3. The van der Waals surface area contributed by atoms with Crippen molar-refractivity contribution in [1.82, 2.24) is 10.6 Å². The maximum absolute atomic E-state index is 12.3. The topological polar surface area (TPSA) is 110 Å². The van der Waals surface area contributed by atoms with Crippen LogP contribution in [0.3, 0.4) is 0 Å². The fourth-order valence-electron chi connectivity index (χ4n) is 2.30. The van der Waals surface area contributed by atoms with Crippen molar-refractivity contribution >= 4 is 17.3 Å². The Bertz CT molecular complexity index is 538. The van der Waals surface area contributed by atoms with Gasteiger partial charge in [-0.25, -0.2) is 0 Å². The van der Waals surface area contributed by atoms with Crippen LogP contribution in [-0.2, 0) is 0 Å². The number of nitrogens with zero attached hydrogens (tertiary/aromatic N) is 1. The Morgan fingerprint density at radius 1 is 1.45 bits per heavy atom. The molecule has 1 fully saturated rings. The number of nitrogens with two attached hydrogens (primary N) is 1. The number of anilines is 1. The molecule has 1 aromatic carbocycles. The van der Waals surface area contributed by atoms with E-state index in [2.05, 4.69) is 10.6 Å². The van der Waals surface area contributed by atoms with Crippen LogP contribution in [0.1, 0.15) is 30.1 Å². The molecule has 7 heteroatoms. The van der Waals surface area contributed by atoms with Crippen LogP contribution in [0.15, 0.2) is 18.2 Å². The Balaban J connectivity index is 2.20. The summed E-state index contributed by atoms with van der Waals surface area (Å²) < 4.78 is 0. The van der Waals surface area contributed by atoms with Crippen molar-refractivity contribution in [2.75, 3.05) is 18.8 Å². The molecule has 20 heavy (non-hydrogen) atoms. The maximum Gasteiger partial charge on any atom is 0.270 e. The Morgan fingerprint density at radius 3 is 2.70 bits per heavy atom. The number of hydrogen-bond donors (Lipinski definition) is 3. The van der Waals surface area contributed by atoms with E-state index < -0.39 is 4.92 Å². The van der Waals surface area contributed by atoms with Crippen LogP contribution in [-0.4, -0.2) is 29.5 Å². The fraction of sp³-hybridized carbons (Fsp3) is 0.462. The third-order valence-electron chi connectivity index (χ3n) is 3.61. The molecule has 0 aliphatic carbocycles. The average molecular weight is 278 g/mol. The molecule has 2 rings (SSSR count). The van der Waals surface area contributed by atoms with Gasteiger partial charge in [0.05, 0.1) is 10.5 Å². The summed E-state index contributed by atoms with van der Waals surface area (Å²) >= 11 is 0. The number of non-ortho nitro benzene ring substituents is 1. The summed E-state index contributed by atoms with van der Waals surface area (Å²) in [5, 5.41) is 16.9. The summed E-state index contributed by atoms with van der Waals surface area (Å²) in [6.45, 7) is 3.64. The van der Waals surface area contributed by atoms with Crippen molar-refractivity contribution in [1.29, 1.82) is 0 Å². The van der Waals surface area contributed by atoms with Crippen molar-refractivity contribution in [3.05, 3.63) is 33.9 Å². The van der Waals surface area contributed by atoms with Gasteiger partial charge in [-0.15, -0.1) is 0 Å². The number of carbonyl (C=O) groups excluding carboxylic acids is 1. The molecule has 0 bridgehead atoms. The van der Waals surface area contributed by atoms with E-state index in [0.717, 1.165) is 25.9 Å². The second-order valence-electron chi connectivity index (χ2n) is 5.29. The molecular formula is C13H18N4O3. The summed E-state index contributed by atoms with van der Waals surface area (Å²) in [4.78, 5) is 22.5. The van der Waals surface area contributed by atoms with Crippen molar-refractivity contribution in [3.8, 4) is 0 Å². The second kappa shape index (κ2) is 5.46. The number of nitrogen functional groups attached to an aromatic ring is 1. The van der Waals surface area contributed by atoms with Crippen molar-refractivity contribution in [2.45, 2.75) is 25.3 Å². The SMILES string of the molecule is CC1(NC(=O)c2cc([N+](=O)[O-])ccc2N)CCNCC1. The van der Waals surface area contributed by atoms with E-state index in [-0.39, 0.29) is 28.4 Å². The van der Waals surface area contributed by atoms with Gasteiger partial charge in [0.2, 0.25) is 0 Å². The number of nitro benzene ring substituents is 1. The summed E-state index contributed by atoms with van der Waals surface area (Å²) in [6, 6.07) is 3.89. The van der Waals surface area contributed by atoms with Gasteiger partial charge in [-0.2, -0.15) is 0 Å². The molecule has 1 aliphatic heterocycles.